The highest BCUT2D eigenvalue weighted by Gasteiger charge is 2.16. The first-order chi connectivity index (χ1) is 12.3. The van der Waals surface area contributed by atoms with Gasteiger partial charge in [0.15, 0.2) is 10.3 Å². The third kappa shape index (κ3) is 4.58. The van der Waals surface area contributed by atoms with E-state index in [0.717, 1.165) is 11.5 Å². The second-order valence-electron chi connectivity index (χ2n) is 4.75. The van der Waals surface area contributed by atoms with Crippen LogP contribution < -0.4 is 0 Å². The minimum Gasteiger partial charge on any atom is -0.468 e. The van der Waals surface area contributed by atoms with E-state index in [9.17, 15) is 4.79 Å². The van der Waals surface area contributed by atoms with Crippen LogP contribution in [0.4, 0.5) is 0 Å². The summed E-state index contributed by atoms with van der Waals surface area (Å²) in [6.07, 6.45) is 3.41. The van der Waals surface area contributed by atoms with Crippen molar-refractivity contribution in [3.63, 3.8) is 0 Å². The van der Waals surface area contributed by atoms with Crippen LogP contribution in [0.1, 0.15) is 5.82 Å². The van der Waals surface area contributed by atoms with Crippen LogP contribution in [0.25, 0.3) is 5.69 Å². The van der Waals surface area contributed by atoms with E-state index in [1.165, 1.54) is 30.6 Å². The van der Waals surface area contributed by atoms with E-state index < -0.39 is 0 Å². The molecular formula is C16H15N5O2S2. The number of hydrogen-bond acceptors (Lipinski definition) is 8. The van der Waals surface area contributed by atoms with Crippen molar-refractivity contribution in [2.75, 3.05) is 12.9 Å². The van der Waals surface area contributed by atoms with E-state index in [4.69, 9.17) is 4.74 Å². The molecule has 0 unspecified atom stereocenters. The van der Waals surface area contributed by atoms with Crippen molar-refractivity contribution in [2.24, 2.45) is 0 Å². The van der Waals surface area contributed by atoms with Gasteiger partial charge in [0.05, 0.1) is 18.6 Å². The highest BCUT2D eigenvalue weighted by atomic mass is 32.2. The highest BCUT2D eigenvalue weighted by molar-refractivity contribution is 7.99. The second-order valence-corrected chi connectivity index (χ2v) is 6.64. The predicted molar refractivity (Wildman–Crippen MR) is 95.7 cm³/mol. The number of para-hydroxylation sites is 1. The Hall–Kier alpha value is -2.39. The zero-order valence-electron chi connectivity index (χ0n) is 13.4. The molecule has 2 aromatic heterocycles. The fourth-order valence-electron chi connectivity index (χ4n) is 2.00. The van der Waals surface area contributed by atoms with Crippen LogP contribution in [0.15, 0.2) is 59.1 Å². The van der Waals surface area contributed by atoms with E-state index in [-0.39, 0.29) is 11.7 Å². The highest BCUT2D eigenvalue weighted by Crippen LogP contribution is 2.25. The van der Waals surface area contributed by atoms with Gasteiger partial charge in [0.2, 0.25) is 0 Å². The molecule has 0 fully saturated rings. The summed E-state index contributed by atoms with van der Waals surface area (Å²) in [5, 5.41) is 9.81. The molecule has 0 N–H and O–H groups in total. The molecule has 7 nitrogen and oxygen atoms in total. The van der Waals surface area contributed by atoms with Crippen molar-refractivity contribution in [1.29, 1.82) is 0 Å². The van der Waals surface area contributed by atoms with Crippen LogP contribution in [-0.4, -0.2) is 43.6 Å². The molecule has 0 aliphatic heterocycles. The normalized spacial score (nSPS) is 10.6. The summed E-state index contributed by atoms with van der Waals surface area (Å²) in [6, 6.07) is 11.6. The average Bonchev–Trinajstić information content (AvgIpc) is 3.08. The smallest absolute Gasteiger partial charge is 0.316 e. The van der Waals surface area contributed by atoms with Gasteiger partial charge in [-0.25, -0.2) is 9.97 Å². The van der Waals surface area contributed by atoms with E-state index in [2.05, 4.69) is 20.2 Å². The van der Waals surface area contributed by atoms with Crippen molar-refractivity contribution in [1.82, 2.24) is 24.7 Å². The molecule has 128 valence electrons. The number of aromatic nitrogens is 5. The molecule has 0 saturated carbocycles. The first kappa shape index (κ1) is 17.4. The Kier molecular flexibility index (Phi) is 6.02. The molecule has 0 radical (unpaired) electrons. The van der Waals surface area contributed by atoms with Crippen molar-refractivity contribution < 1.29 is 9.53 Å². The van der Waals surface area contributed by atoms with Crippen LogP contribution in [-0.2, 0) is 15.3 Å². The van der Waals surface area contributed by atoms with Crippen molar-refractivity contribution >= 4 is 29.5 Å². The summed E-state index contributed by atoms with van der Waals surface area (Å²) in [7, 11) is 1.37. The van der Waals surface area contributed by atoms with Gasteiger partial charge < -0.3 is 4.74 Å². The molecule has 25 heavy (non-hydrogen) atoms. The van der Waals surface area contributed by atoms with Gasteiger partial charge in [-0.2, -0.15) is 0 Å². The van der Waals surface area contributed by atoms with Gasteiger partial charge in [-0.1, -0.05) is 41.7 Å². The maximum atomic E-state index is 11.4. The second kappa shape index (κ2) is 8.63. The number of hydrogen-bond donors (Lipinski definition) is 0. The van der Waals surface area contributed by atoms with Gasteiger partial charge in [-0.05, 0) is 18.2 Å². The number of methoxy groups -OCH3 is 1. The molecule has 0 bridgehead atoms. The van der Waals surface area contributed by atoms with Crippen LogP contribution >= 0.6 is 23.5 Å². The topological polar surface area (TPSA) is 82.8 Å². The van der Waals surface area contributed by atoms with Crippen LogP contribution in [0, 0.1) is 0 Å². The third-order valence-electron chi connectivity index (χ3n) is 3.13. The number of benzene rings is 1. The predicted octanol–water partition coefficient (Wildman–Crippen LogP) is 2.61. The van der Waals surface area contributed by atoms with Gasteiger partial charge in [-0.3, -0.25) is 9.36 Å². The lowest BCUT2D eigenvalue weighted by atomic mass is 10.3. The zero-order chi connectivity index (χ0) is 17.5. The maximum Gasteiger partial charge on any atom is 0.316 e. The lowest BCUT2D eigenvalue weighted by Crippen LogP contribution is -2.06. The minimum absolute atomic E-state index is 0.177. The van der Waals surface area contributed by atoms with E-state index in [1.807, 2.05) is 34.9 Å². The van der Waals surface area contributed by atoms with E-state index in [1.54, 1.807) is 18.5 Å². The summed E-state index contributed by atoms with van der Waals surface area (Å²) >= 11 is 2.77. The number of rotatable bonds is 7. The van der Waals surface area contributed by atoms with Gasteiger partial charge in [-0.15, -0.1) is 10.2 Å². The van der Waals surface area contributed by atoms with Crippen molar-refractivity contribution in [3.05, 3.63) is 54.6 Å². The van der Waals surface area contributed by atoms with Crippen molar-refractivity contribution in [2.45, 2.75) is 16.1 Å². The number of nitrogens with zero attached hydrogens (tertiary/aromatic N) is 5. The summed E-state index contributed by atoms with van der Waals surface area (Å²) in [5.74, 6) is 1.19. The number of carbonyl (C=O) groups excluding carboxylic acids is 1. The standard InChI is InChI=1S/C16H15N5O2S2/c1-23-14(22)11-25-16-20-19-13(10-24-15-17-8-5-9-18-15)21(16)12-6-3-2-4-7-12/h2-9H,10-11H2,1H3. The monoisotopic (exact) mass is 373 g/mol. The molecule has 0 aliphatic rings. The molecule has 0 atom stereocenters. The number of esters is 1. The van der Waals surface area contributed by atoms with Gasteiger partial charge in [0.25, 0.3) is 0 Å². The average molecular weight is 373 g/mol. The Labute approximate surface area is 153 Å². The molecule has 3 rings (SSSR count). The SMILES string of the molecule is COC(=O)CSc1nnc(CSc2ncccn2)n1-c1ccccc1. The zero-order valence-corrected chi connectivity index (χ0v) is 15.0. The Morgan fingerprint density at radius 2 is 1.84 bits per heavy atom. The largest absolute Gasteiger partial charge is 0.468 e. The van der Waals surface area contributed by atoms with E-state index in [0.29, 0.717) is 16.1 Å². The molecule has 0 aliphatic carbocycles. The fourth-order valence-corrected chi connectivity index (χ4v) is 3.51. The molecule has 9 heteroatoms. The first-order valence-corrected chi connectivity index (χ1v) is 9.34. The summed E-state index contributed by atoms with van der Waals surface area (Å²) in [5.41, 5.74) is 0.935. The van der Waals surface area contributed by atoms with Gasteiger partial charge >= 0.3 is 5.97 Å². The van der Waals surface area contributed by atoms with Crippen LogP contribution in [0.3, 0.4) is 0 Å². The first-order valence-electron chi connectivity index (χ1n) is 7.37. The summed E-state index contributed by atoms with van der Waals surface area (Å²) in [4.78, 5) is 19.8. The number of carbonyl (C=O) groups is 1. The molecular weight excluding hydrogens is 358 g/mol. The molecule has 2 heterocycles. The fraction of sp³-hybridized carbons (Fsp3) is 0.188. The summed E-state index contributed by atoms with van der Waals surface area (Å²) in [6.45, 7) is 0. The van der Waals surface area contributed by atoms with Gasteiger partial charge in [0, 0.05) is 18.1 Å². The van der Waals surface area contributed by atoms with Gasteiger partial charge in [0.1, 0.15) is 5.82 Å². The lowest BCUT2D eigenvalue weighted by molar-refractivity contribution is -0.137. The Balaban J connectivity index is 1.84. The summed E-state index contributed by atoms with van der Waals surface area (Å²) < 4.78 is 6.63. The Morgan fingerprint density at radius 1 is 1.08 bits per heavy atom. The minimum atomic E-state index is -0.304. The number of thioether (sulfide) groups is 2. The Morgan fingerprint density at radius 3 is 2.56 bits per heavy atom. The van der Waals surface area contributed by atoms with Crippen LogP contribution in [0.2, 0.25) is 0 Å². The molecule has 3 aromatic rings. The molecule has 1 aromatic carbocycles. The molecule has 0 spiro atoms. The maximum absolute atomic E-state index is 11.4. The lowest BCUT2D eigenvalue weighted by Gasteiger charge is -2.09. The molecule has 0 amide bonds. The Bertz CT molecular complexity index is 827. The van der Waals surface area contributed by atoms with Crippen molar-refractivity contribution in [3.8, 4) is 5.69 Å². The quantitative estimate of drug-likeness (QED) is 0.355. The third-order valence-corrected chi connectivity index (χ3v) is 4.91. The van der Waals surface area contributed by atoms with E-state index >= 15 is 0 Å². The van der Waals surface area contributed by atoms with Crippen LogP contribution in [0.5, 0.6) is 0 Å². The number of ether oxygens (including phenoxy) is 1. The molecule has 0 saturated heterocycles.